The molecule has 0 bridgehead atoms. The molecule has 4 aromatic rings. The van der Waals surface area contributed by atoms with E-state index in [0.29, 0.717) is 17.5 Å². The van der Waals surface area contributed by atoms with Crippen LogP contribution >= 0.6 is 23.4 Å². The summed E-state index contributed by atoms with van der Waals surface area (Å²) in [7, 11) is 0. The Bertz CT molecular complexity index is 1160. The Kier molecular flexibility index (Phi) is 4.68. The van der Waals surface area contributed by atoms with Gasteiger partial charge in [-0.05, 0) is 48.2 Å². The second kappa shape index (κ2) is 7.02. The van der Waals surface area contributed by atoms with Crippen molar-refractivity contribution >= 4 is 29.1 Å². The third-order valence-corrected chi connectivity index (χ3v) is 4.96. The first-order chi connectivity index (χ1) is 13.3. The number of benzene rings is 1. The lowest BCUT2D eigenvalue weighted by Gasteiger charge is -2.07. The fourth-order valence-electron chi connectivity index (χ4n) is 2.40. The van der Waals surface area contributed by atoms with E-state index in [1.54, 1.807) is 18.2 Å². The molecule has 3 heterocycles. The van der Waals surface area contributed by atoms with Crippen LogP contribution in [0.5, 0.6) is 0 Å². The van der Waals surface area contributed by atoms with Gasteiger partial charge >= 0.3 is 6.18 Å². The number of fused-ring (bicyclic) bond motifs is 1. The van der Waals surface area contributed by atoms with Crippen LogP contribution in [0.25, 0.3) is 17.0 Å². The van der Waals surface area contributed by atoms with E-state index in [1.165, 1.54) is 22.8 Å². The van der Waals surface area contributed by atoms with Gasteiger partial charge in [0.2, 0.25) is 5.16 Å². The molecule has 28 heavy (non-hydrogen) atoms. The molecule has 0 aliphatic rings. The van der Waals surface area contributed by atoms with Gasteiger partial charge in [-0.15, -0.1) is 5.10 Å². The lowest BCUT2D eigenvalue weighted by molar-refractivity contribution is -0.137. The van der Waals surface area contributed by atoms with E-state index in [9.17, 15) is 17.6 Å². The monoisotopic (exact) mass is 425 g/mol. The van der Waals surface area contributed by atoms with Crippen molar-refractivity contribution in [3.63, 3.8) is 0 Å². The van der Waals surface area contributed by atoms with Gasteiger partial charge in [-0.3, -0.25) is 0 Å². The van der Waals surface area contributed by atoms with Gasteiger partial charge in [-0.25, -0.2) is 14.4 Å². The molecular formula is C17H8ClF4N5S. The molecule has 0 N–H and O–H groups in total. The molecule has 4 rings (SSSR count). The quantitative estimate of drug-likeness (QED) is 0.425. The van der Waals surface area contributed by atoms with Crippen molar-refractivity contribution in [3.8, 4) is 11.3 Å². The van der Waals surface area contributed by atoms with Crippen molar-refractivity contribution in [1.29, 1.82) is 0 Å². The summed E-state index contributed by atoms with van der Waals surface area (Å²) in [5.74, 6) is -0.0979. The largest absolute Gasteiger partial charge is 0.417 e. The fourth-order valence-corrected chi connectivity index (χ4v) is 3.37. The Morgan fingerprint density at radius 1 is 1.04 bits per heavy atom. The van der Waals surface area contributed by atoms with Crippen LogP contribution in [0.2, 0.25) is 5.02 Å². The molecule has 3 aromatic heterocycles. The highest BCUT2D eigenvalue weighted by Crippen LogP contribution is 2.35. The minimum atomic E-state index is -4.53. The maximum atomic E-state index is 13.2. The molecular weight excluding hydrogens is 418 g/mol. The summed E-state index contributed by atoms with van der Waals surface area (Å²) in [6.07, 6.45) is -2.30. The number of rotatable bonds is 3. The summed E-state index contributed by atoms with van der Waals surface area (Å²) in [5, 5.41) is 4.49. The predicted molar refractivity (Wildman–Crippen MR) is 94.5 cm³/mol. The van der Waals surface area contributed by atoms with E-state index in [-0.39, 0.29) is 26.8 Å². The zero-order valence-corrected chi connectivity index (χ0v) is 15.2. The third-order valence-electron chi connectivity index (χ3n) is 3.68. The van der Waals surface area contributed by atoms with Crippen LogP contribution in [0.15, 0.2) is 59.0 Å². The number of alkyl halides is 3. The molecule has 0 aliphatic heterocycles. The molecule has 1 aromatic carbocycles. The first-order valence-electron chi connectivity index (χ1n) is 7.69. The van der Waals surface area contributed by atoms with E-state index in [4.69, 9.17) is 11.6 Å². The molecule has 0 saturated heterocycles. The summed E-state index contributed by atoms with van der Waals surface area (Å²) in [6, 6.07) is 8.31. The molecule has 11 heteroatoms. The minimum Gasteiger partial charge on any atom is -0.247 e. The zero-order valence-electron chi connectivity index (χ0n) is 13.7. The van der Waals surface area contributed by atoms with Crippen LogP contribution in [-0.4, -0.2) is 24.6 Å². The second-order valence-electron chi connectivity index (χ2n) is 5.55. The zero-order chi connectivity index (χ0) is 19.9. The Labute approximate surface area is 164 Å². The topological polar surface area (TPSA) is 56.0 Å². The van der Waals surface area contributed by atoms with Crippen LogP contribution in [0.3, 0.4) is 0 Å². The van der Waals surface area contributed by atoms with E-state index >= 15 is 0 Å². The van der Waals surface area contributed by atoms with Crippen LogP contribution in [0.4, 0.5) is 17.6 Å². The van der Waals surface area contributed by atoms with Gasteiger partial charge in [-0.1, -0.05) is 11.6 Å². The normalized spacial score (nSPS) is 11.9. The molecule has 0 spiro atoms. The molecule has 0 radical (unpaired) electrons. The molecule has 0 atom stereocenters. The minimum absolute atomic E-state index is 0.133. The summed E-state index contributed by atoms with van der Waals surface area (Å²) < 4.78 is 52.8. The highest BCUT2D eigenvalue weighted by molar-refractivity contribution is 7.99. The van der Waals surface area contributed by atoms with Crippen molar-refractivity contribution in [3.05, 3.63) is 65.2 Å². The molecule has 0 saturated carbocycles. The molecule has 142 valence electrons. The van der Waals surface area contributed by atoms with E-state index in [0.717, 1.165) is 17.8 Å². The molecule has 0 unspecified atom stereocenters. The van der Waals surface area contributed by atoms with Gasteiger partial charge < -0.3 is 0 Å². The highest BCUT2D eigenvalue weighted by atomic mass is 35.5. The Balaban J connectivity index is 1.69. The van der Waals surface area contributed by atoms with Gasteiger partial charge in [-0.2, -0.15) is 22.7 Å². The van der Waals surface area contributed by atoms with Crippen LogP contribution in [0.1, 0.15) is 5.56 Å². The summed E-state index contributed by atoms with van der Waals surface area (Å²) in [5.41, 5.74) is 0.377. The molecule has 0 aliphatic carbocycles. The number of pyridine rings is 1. The summed E-state index contributed by atoms with van der Waals surface area (Å²) >= 11 is 6.84. The maximum absolute atomic E-state index is 13.2. The number of halogens is 5. The van der Waals surface area contributed by atoms with Gasteiger partial charge in [0, 0.05) is 18.0 Å². The fraction of sp³-hybridized carbons (Fsp3) is 0.0588. The standard InChI is InChI=1S/C17H8ClF4N5S/c18-12-7-10(17(20,21)22)8-24-14(12)28-16-25-15-23-6-5-13(27(15)26-16)9-1-3-11(19)4-2-9/h1-8H. The van der Waals surface area contributed by atoms with E-state index < -0.39 is 11.7 Å². The Morgan fingerprint density at radius 3 is 2.46 bits per heavy atom. The third kappa shape index (κ3) is 3.65. The van der Waals surface area contributed by atoms with Crippen molar-refractivity contribution < 1.29 is 17.6 Å². The van der Waals surface area contributed by atoms with E-state index in [1.807, 2.05) is 0 Å². The number of nitrogens with zero attached hydrogens (tertiary/aromatic N) is 5. The van der Waals surface area contributed by atoms with Gasteiger partial charge in [0.25, 0.3) is 5.78 Å². The van der Waals surface area contributed by atoms with Crippen molar-refractivity contribution in [2.24, 2.45) is 0 Å². The van der Waals surface area contributed by atoms with Crippen molar-refractivity contribution in [2.75, 3.05) is 0 Å². The number of aromatic nitrogens is 5. The van der Waals surface area contributed by atoms with Crippen LogP contribution in [0, 0.1) is 5.82 Å². The van der Waals surface area contributed by atoms with Crippen molar-refractivity contribution in [1.82, 2.24) is 24.6 Å². The van der Waals surface area contributed by atoms with Gasteiger partial charge in [0.15, 0.2) is 0 Å². The lowest BCUT2D eigenvalue weighted by atomic mass is 10.1. The Morgan fingerprint density at radius 2 is 1.79 bits per heavy atom. The first kappa shape index (κ1) is 18.6. The number of hydrogen-bond acceptors (Lipinski definition) is 5. The van der Waals surface area contributed by atoms with Crippen LogP contribution in [-0.2, 0) is 6.18 Å². The molecule has 0 fully saturated rings. The second-order valence-corrected chi connectivity index (χ2v) is 6.92. The average molecular weight is 426 g/mol. The maximum Gasteiger partial charge on any atom is 0.417 e. The van der Waals surface area contributed by atoms with Crippen LogP contribution < -0.4 is 0 Å². The Hall–Kier alpha value is -2.72. The van der Waals surface area contributed by atoms with Gasteiger partial charge in [0.1, 0.15) is 10.8 Å². The molecule has 0 amide bonds. The SMILES string of the molecule is Fc1ccc(-c2ccnc3nc(Sc4ncc(C(F)(F)F)cc4Cl)nn23)cc1. The summed E-state index contributed by atoms with van der Waals surface area (Å²) in [4.78, 5) is 12.1. The smallest absolute Gasteiger partial charge is 0.247 e. The average Bonchev–Trinajstić information content (AvgIpc) is 3.06. The number of hydrogen-bond donors (Lipinski definition) is 0. The molecule has 5 nitrogen and oxygen atoms in total. The predicted octanol–water partition coefficient (Wildman–Crippen LogP) is 5.15. The van der Waals surface area contributed by atoms with Crippen molar-refractivity contribution in [2.45, 2.75) is 16.4 Å². The summed E-state index contributed by atoms with van der Waals surface area (Å²) in [6.45, 7) is 0. The lowest BCUT2D eigenvalue weighted by Crippen LogP contribution is -2.05. The van der Waals surface area contributed by atoms with E-state index in [2.05, 4.69) is 20.1 Å². The first-order valence-corrected chi connectivity index (χ1v) is 8.89. The highest BCUT2D eigenvalue weighted by Gasteiger charge is 2.31. The van der Waals surface area contributed by atoms with Gasteiger partial charge in [0.05, 0.1) is 16.3 Å².